The molecule has 0 unspecified atom stereocenters. The van der Waals surface area contributed by atoms with E-state index in [4.69, 9.17) is 0 Å². The molecule has 0 saturated carbocycles. The third-order valence-electron chi connectivity index (χ3n) is 3.00. The Morgan fingerprint density at radius 3 is 0.562 bits per heavy atom. The van der Waals surface area contributed by atoms with Crippen LogP contribution in [0.1, 0.15) is 59.3 Å². The Kier molecular flexibility index (Phi) is 21.1. The van der Waals surface area contributed by atoms with Crippen molar-refractivity contribution in [2.75, 3.05) is 0 Å². The fourth-order valence-corrected chi connectivity index (χ4v) is 1.39. The zero-order chi connectivity index (χ0) is 25.2. The van der Waals surface area contributed by atoms with Gasteiger partial charge in [0.2, 0.25) is 0 Å². The molecular weight excluding hydrogens is 551 g/mol. The zero-order valence-electron chi connectivity index (χ0n) is 16.9. The minimum atomic E-state index is -4.89. The first-order valence-corrected chi connectivity index (χ1v) is 8.36. The third kappa shape index (κ3) is 16.8. The van der Waals surface area contributed by atoms with Crippen LogP contribution in [-0.2, 0) is 34.7 Å². The molecule has 0 fully saturated rings. The molecule has 6 nitrogen and oxygen atoms in total. The van der Waals surface area contributed by atoms with Gasteiger partial charge in [-0.15, -0.1) is 0 Å². The van der Waals surface area contributed by atoms with Crippen molar-refractivity contribution in [1.29, 1.82) is 0 Å². The smallest absolute Gasteiger partial charge is 0.834 e. The molecule has 17 heteroatoms. The van der Waals surface area contributed by atoms with Crippen LogP contribution in [0, 0.1) is 0 Å². The number of hydrogen-bond acceptors (Lipinski definition) is 6. The molecule has 0 spiro atoms. The van der Waals surface area contributed by atoms with Gasteiger partial charge in [0.25, 0.3) is 17.8 Å². The van der Waals surface area contributed by atoms with Gasteiger partial charge in [0, 0.05) is 37.4 Å². The van der Waals surface area contributed by atoms with Crippen molar-refractivity contribution in [3.8, 4) is 0 Å². The SMILES string of the molecule is CCCC(F)(F)C([O-])([O-])F.CCCC(F)(F)C([O-])([O-])F.CCCC(F)(F)C([O-])([O-])F.[Cr+3].[Cr+3]. The van der Waals surface area contributed by atoms with Crippen molar-refractivity contribution < 1.29 is 105 Å². The van der Waals surface area contributed by atoms with Crippen LogP contribution >= 0.6 is 0 Å². The normalized spacial score (nSPS) is 12.9. The Labute approximate surface area is 200 Å². The van der Waals surface area contributed by atoms with Crippen molar-refractivity contribution in [3.63, 3.8) is 0 Å². The minimum absolute atomic E-state index is 0. The average molecular weight is 572 g/mol. The molecule has 0 aromatic heterocycles. The predicted molar refractivity (Wildman–Crippen MR) is 71.1 cm³/mol. The Balaban J connectivity index is -0.000000110. The first-order chi connectivity index (χ1) is 12.9. The van der Waals surface area contributed by atoms with E-state index in [-0.39, 0.29) is 54.0 Å². The van der Waals surface area contributed by atoms with Gasteiger partial charge in [-0.25, -0.2) is 26.3 Å². The standard InChI is InChI=1S/3C5H7F3O2.2Cr/c3*1-2-3-4(6,7)5(8,9)10;;/h3*2-3H2,1H3;;/q3*-2;2*+3. The van der Waals surface area contributed by atoms with Gasteiger partial charge < -0.3 is 30.6 Å². The van der Waals surface area contributed by atoms with E-state index in [2.05, 4.69) is 0 Å². The van der Waals surface area contributed by atoms with E-state index in [1.165, 1.54) is 20.8 Å². The summed E-state index contributed by atoms with van der Waals surface area (Å²) in [4.78, 5) is 0. The van der Waals surface area contributed by atoms with Crippen LogP contribution in [0.25, 0.3) is 0 Å². The van der Waals surface area contributed by atoms with Gasteiger partial charge in [0.15, 0.2) is 0 Å². The van der Waals surface area contributed by atoms with E-state index in [1.54, 1.807) is 0 Å². The maximum atomic E-state index is 11.9. The molecule has 0 amide bonds. The van der Waals surface area contributed by atoms with E-state index in [9.17, 15) is 70.2 Å². The molecular formula is C15H21Cr2F9O6. The Morgan fingerprint density at radius 1 is 0.406 bits per heavy atom. The van der Waals surface area contributed by atoms with Crippen molar-refractivity contribution in [2.24, 2.45) is 0 Å². The fourth-order valence-electron chi connectivity index (χ4n) is 1.39. The average Bonchev–Trinajstić information content (AvgIpc) is 2.44. The molecule has 0 saturated heterocycles. The zero-order valence-corrected chi connectivity index (χ0v) is 19.5. The molecule has 0 aromatic rings. The topological polar surface area (TPSA) is 138 Å². The maximum Gasteiger partial charge on any atom is 3.00 e. The summed E-state index contributed by atoms with van der Waals surface area (Å²) in [6.07, 6.45) is -3.29. The molecule has 32 heavy (non-hydrogen) atoms. The monoisotopic (exact) mass is 572 g/mol. The quantitative estimate of drug-likeness (QED) is 0.265. The summed E-state index contributed by atoms with van der Waals surface area (Å²) < 4.78 is 106. The number of alkyl halides is 9. The first kappa shape index (κ1) is 42.4. The van der Waals surface area contributed by atoms with E-state index < -0.39 is 55.2 Å². The third-order valence-corrected chi connectivity index (χ3v) is 3.00. The summed E-state index contributed by atoms with van der Waals surface area (Å²) in [5.41, 5.74) is 0. The van der Waals surface area contributed by atoms with E-state index >= 15 is 0 Å². The van der Waals surface area contributed by atoms with E-state index in [0.717, 1.165) is 0 Å². The van der Waals surface area contributed by atoms with Crippen LogP contribution < -0.4 is 30.6 Å². The van der Waals surface area contributed by atoms with Gasteiger partial charge in [-0.3, -0.25) is 13.2 Å². The summed E-state index contributed by atoms with van der Waals surface area (Å²) >= 11 is 0. The maximum absolute atomic E-state index is 11.9. The number of rotatable bonds is 9. The van der Waals surface area contributed by atoms with Crippen LogP contribution in [-0.4, -0.2) is 35.9 Å². The molecule has 0 bridgehead atoms. The fraction of sp³-hybridized carbons (Fsp3) is 1.00. The van der Waals surface area contributed by atoms with Gasteiger partial charge in [-0.1, -0.05) is 40.0 Å². The van der Waals surface area contributed by atoms with Gasteiger partial charge in [-0.2, -0.15) is 0 Å². The number of hydrogen-bond donors (Lipinski definition) is 0. The summed E-state index contributed by atoms with van der Waals surface area (Å²) in [5.74, 6) is -12.9. The summed E-state index contributed by atoms with van der Waals surface area (Å²) in [6.45, 7) is 4.00. The van der Waals surface area contributed by atoms with Gasteiger partial charge >= 0.3 is 34.7 Å². The molecule has 2 radical (unpaired) electrons. The molecule has 0 aliphatic rings. The summed E-state index contributed by atoms with van der Waals surface area (Å²) in [7, 11) is 0. The molecule has 0 aromatic carbocycles. The van der Waals surface area contributed by atoms with Crippen molar-refractivity contribution >= 4 is 0 Å². The number of halogens is 9. The largest absolute Gasteiger partial charge is 3.00 e. The second-order valence-corrected chi connectivity index (χ2v) is 5.97. The van der Waals surface area contributed by atoms with Crippen molar-refractivity contribution in [3.05, 3.63) is 0 Å². The molecule has 192 valence electrons. The van der Waals surface area contributed by atoms with Crippen molar-refractivity contribution in [2.45, 2.75) is 95.2 Å². The van der Waals surface area contributed by atoms with E-state index in [1.807, 2.05) is 0 Å². The predicted octanol–water partition coefficient (Wildman–Crippen LogP) is -0.708. The molecule has 0 rings (SSSR count). The van der Waals surface area contributed by atoms with E-state index in [0.29, 0.717) is 0 Å². The molecule has 0 aliphatic carbocycles. The Morgan fingerprint density at radius 2 is 0.531 bits per heavy atom. The second-order valence-electron chi connectivity index (χ2n) is 5.97. The Hall–Kier alpha value is 0.195. The van der Waals surface area contributed by atoms with Crippen LogP contribution in [0.3, 0.4) is 0 Å². The van der Waals surface area contributed by atoms with Gasteiger partial charge in [0.1, 0.15) is 0 Å². The summed E-state index contributed by atoms with van der Waals surface area (Å²) in [5, 5.41) is 57.3. The first-order valence-electron chi connectivity index (χ1n) is 8.36. The molecule has 0 aliphatic heterocycles. The van der Waals surface area contributed by atoms with Gasteiger partial charge in [0.05, 0.1) is 0 Å². The van der Waals surface area contributed by atoms with Crippen molar-refractivity contribution in [1.82, 2.24) is 0 Å². The van der Waals surface area contributed by atoms with Crippen LogP contribution in [0.2, 0.25) is 0 Å². The molecule has 0 heterocycles. The van der Waals surface area contributed by atoms with Crippen LogP contribution in [0.5, 0.6) is 0 Å². The summed E-state index contributed by atoms with van der Waals surface area (Å²) in [6, 6.07) is -14.7. The molecule has 0 atom stereocenters. The van der Waals surface area contributed by atoms with Crippen LogP contribution in [0.4, 0.5) is 39.5 Å². The Bertz CT molecular complexity index is 401. The second kappa shape index (κ2) is 16.0. The minimum Gasteiger partial charge on any atom is -0.834 e. The van der Waals surface area contributed by atoms with Crippen LogP contribution in [0.15, 0.2) is 0 Å². The van der Waals surface area contributed by atoms with Gasteiger partial charge in [-0.05, 0) is 0 Å². The molecule has 0 N–H and O–H groups in total.